The van der Waals surface area contributed by atoms with Crippen molar-refractivity contribution in [2.24, 2.45) is 5.92 Å². The molecule has 1 aliphatic carbocycles. The molecule has 98 valence electrons. The average Bonchev–Trinajstić information content (AvgIpc) is 3.15. The second kappa shape index (κ2) is 4.88. The van der Waals surface area contributed by atoms with E-state index in [-0.39, 0.29) is 17.9 Å². The number of furan rings is 1. The van der Waals surface area contributed by atoms with Crippen LogP contribution in [0, 0.1) is 5.92 Å². The minimum Gasteiger partial charge on any atom is -0.467 e. The quantitative estimate of drug-likeness (QED) is 0.844. The van der Waals surface area contributed by atoms with Crippen LogP contribution in [-0.2, 0) is 4.79 Å². The summed E-state index contributed by atoms with van der Waals surface area (Å²) in [6, 6.07) is 9.19. The van der Waals surface area contributed by atoms with Crippen molar-refractivity contribution < 1.29 is 9.21 Å². The van der Waals surface area contributed by atoms with Crippen molar-refractivity contribution in [2.75, 3.05) is 4.90 Å². The van der Waals surface area contributed by atoms with Crippen LogP contribution >= 0.6 is 0 Å². The molecule has 4 heteroatoms. The third kappa shape index (κ3) is 2.38. The van der Waals surface area contributed by atoms with E-state index in [4.69, 9.17) is 4.42 Å². The van der Waals surface area contributed by atoms with Gasteiger partial charge in [-0.1, -0.05) is 6.07 Å². The smallest absolute Gasteiger partial charge is 0.231 e. The fourth-order valence-corrected chi connectivity index (χ4v) is 2.18. The summed E-state index contributed by atoms with van der Waals surface area (Å²) in [6.45, 7) is 1.97. The number of aromatic nitrogens is 1. The van der Waals surface area contributed by atoms with Crippen molar-refractivity contribution in [3.8, 4) is 0 Å². The molecule has 0 aromatic carbocycles. The van der Waals surface area contributed by atoms with Gasteiger partial charge in [0.05, 0.1) is 12.3 Å². The average molecular weight is 256 g/mol. The standard InChI is InChI=1S/C15H16N2O2/c1-11(13-5-4-10-19-13)17(15(18)12-7-8-12)14-6-2-3-9-16-14/h2-6,9-12H,7-8H2,1H3/t11-/m1/s1. The molecule has 19 heavy (non-hydrogen) atoms. The molecule has 0 bridgehead atoms. The summed E-state index contributed by atoms with van der Waals surface area (Å²) in [6.07, 6.45) is 5.29. The van der Waals surface area contributed by atoms with Gasteiger partial charge in [0.2, 0.25) is 5.91 Å². The molecule has 2 aromatic rings. The molecule has 0 spiro atoms. The molecule has 0 unspecified atom stereocenters. The highest BCUT2D eigenvalue weighted by atomic mass is 16.3. The molecule has 1 fully saturated rings. The fourth-order valence-electron chi connectivity index (χ4n) is 2.18. The van der Waals surface area contributed by atoms with Crippen LogP contribution in [0.25, 0.3) is 0 Å². The van der Waals surface area contributed by atoms with Crippen molar-refractivity contribution >= 4 is 11.7 Å². The van der Waals surface area contributed by atoms with Crippen LogP contribution < -0.4 is 4.90 Å². The maximum absolute atomic E-state index is 12.5. The van der Waals surface area contributed by atoms with Crippen LogP contribution in [0.5, 0.6) is 0 Å². The Morgan fingerprint density at radius 1 is 1.37 bits per heavy atom. The Morgan fingerprint density at radius 3 is 2.79 bits per heavy atom. The first-order valence-electron chi connectivity index (χ1n) is 6.55. The molecule has 2 heterocycles. The number of carbonyl (C=O) groups is 1. The minimum absolute atomic E-state index is 0.141. The first-order chi connectivity index (χ1) is 9.27. The summed E-state index contributed by atoms with van der Waals surface area (Å²) >= 11 is 0. The molecule has 4 nitrogen and oxygen atoms in total. The van der Waals surface area contributed by atoms with Crippen molar-refractivity contribution in [2.45, 2.75) is 25.8 Å². The highest BCUT2D eigenvalue weighted by Crippen LogP contribution is 2.36. The Labute approximate surface area is 112 Å². The zero-order chi connectivity index (χ0) is 13.2. The number of nitrogens with zero attached hydrogens (tertiary/aromatic N) is 2. The number of rotatable bonds is 4. The molecule has 2 aromatic heterocycles. The third-order valence-electron chi connectivity index (χ3n) is 3.40. The van der Waals surface area contributed by atoms with Gasteiger partial charge >= 0.3 is 0 Å². The number of amides is 1. The monoisotopic (exact) mass is 256 g/mol. The molecule has 1 aliphatic rings. The lowest BCUT2D eigenvalue weighted by molar-refractivity contribution is -0.120. The van der Waals surface area contributed by atoms with Crippen molar-refractivity contribution in [1.82, 2.24) is 4.98 Å². The summed E-state index contributed by atoms with van der Waals surface area (Å²) in [5, 5.41) is 0. The van der Waals surface area contributed by atoms with E-state index < -0.39 is 0 Å². The minimum atomic E-state index is -0.141. The fraction of sp³-hybridized carbons (Fsp3) is 0.333. The highest BCUT2D eigenvalue weighted by Gasteiger charge is 2.37. The summed E-state index contributed by atoms with van der Waals surface area (Å²) in [5.41, 5.74) is 0. The van der Waals surface area contributed by atoms with E-state index in [1.165, 1.54) is 0 Å². The van der Waals surface area contributed by atoms with Crippen LogP contribution in [0.4, 0.5) is 5.82 Å². The number of pyridine rings is 1. The lowest BCUT2D eigenvalue weighted by Crippen LogP contribution is -2.35. The number of anilines is 1. The summed E-state index contributed by atoms with van der Waals surface area (Å²) in [5.74, 6) is 1.75. The van der Waals surface area contributed by atoms with Crippen LogP contribution in [0.15, 0.2) is 47.2 Å². The second-order valence-electron chi connectivity index (χ2n) is 4.86. The van der Waals surface area contributed by atoms with Gasteiger partial charge in [0.25, 0.3) is 0 Å². The van der Waals surface area contributed by atoms with Crippen LogP contribution in [0.1, 0.15) is 31.6 Å². The van der Waals surface area contributed by atoms with Gasteiger partial charge in [0.1, 0.15) is 11.6 Å². The van der Waals surface area contributed by atoms with Gasteiger partial charge in [0, 0.05) is 12.1 Å². The second-order valence-corrected chi connectivity index (χ2v) is 4.86. The summed E-state index contributed by atoms with van der Waals surface area (Å²) in [4.78, 5) is 18.5. The van der Waals surface area contributed by atoms with Gasteiger partial charge in [-0.3, -0.25) is 9.69 Å². The molecule has 0 saturated heterocycles. The van der Waals surface area contributed by atoms with E-state index in [9.17, 15) is 4.79 Å². The summed E-state index contributed by atoms with van der Waals surface area (Å²) < 4.78 is 5.43. The van der Waals surface area contributed by atoms with E-state index in [0.29, 0.717) is 5.82 Å². The molecule has 0 N–H and O–H groups in total. The van der Waals surface area contributed by atoms with Gasteiger partial charge < -0.3 is 4.42 Å². The van der Waals surface area contributed by atoms with Gasteiger partial charge in [-0.25, -0.2) is 4.98 Å². The molecular formula is C15H16N2O2. The van der Waals surface area contributed by atoms with E-state index in [1.54, 1.807) is 17.4 Å². The Kier molecular flexibility index (Phi) is 3.07. The first kappa shape index (κ1) is 12.0. The Balaban J connectivity index is 1.94. The summed E-state index contributed by atoms with van der Waals surface area (Å²) in [7, 11) is 0. The van der Waals surface area contributed by atoms with Crippen LogP contribution in [0.2, 0.25) is 0 Å². The maximum atomic E-state index is 12.5. The molecule has 1 saturated carbocycles. The normalized spacial score (nSPS) is 16.1. The van der Waals surface area contributed by atoms with Gasteiger partial charge in [-0.2, -0.15) is 0 Å². The largest absolute Gasteiger partial charge is 0.467 e. The predicted molar refractivity (Wildman–Crippen MR) is 71.6 cm³/mol. The number of hydrogen-bond donors (Lipinski definition) is 0. The van der Waals surface area contributed by atoms with Gasteiger partial charge in [0.15, 0.2) is 0 Å². The maximum Gasteiger partial charge on any atom is 0.231 e. The SMILES string of the molecule is C[C@H](c1ccco1)N(C(=O)C1CC1)c1ccccn1. The van der Waals surface area contributed by atoms with Crippen molar-refractivity contribution in [3.05, 3.63) is 48.6 Å². The Morgan fingerprint density at radius 2 is 2.21 bits per heavy atom. The molecule has 0 aliphatic heterocycles. The van der Waals surface area contributed by atoms with E-state index in [1.807, 2.05) is 37.3 Å². The van der Waals surface area contributed by atoms with E-state index >= 15 is 0 Å². The Bertz CT molecular complexity index is 547. The van der Waals surface area contributed by atoms with Crippen molar-refractivity contribution in [1.29, 1.82) is 0 Å². The molecule has 0 radical (unpaired) electrons. The molecule has 3 rings (SSSR count). The van der Waals surface area contributed by atoms with Gasteiger partial charge in [-0.05, 0) is 44.0 Å². The third-order valence-corrected chi connectivity index (χ3v) is 3.40. The lowest BCUT2D eigenvalue weighted by Gasteiger charge is -2.27. The topological polar surface area (TPSA) is 46.3 Å². The zero-order valence-electron chi connectivity index (χ0n) is 10.8. The molecule has 1 atom stereocenters. The van der Waals surface area contributed by atoms with Crippen LogP contribution in [-0.4, -0.2) is 10.9 Å². The van der Waals surface area contributed by atoms with Crippen LogP contribution in [0.3, 0.4) is 0 Å². The van der Waals surface area contributed by atoms with Gasteiger partial charge in [-0.15, -0.1) is 0 Å². The first-order valence-corrected chi connectivity index (χ1v) is 6.55. The van der Waals surface area contributed by atoms with Crippen molar-refractivity contribution in [3.63, 3.8) is 0 Å². The Hall–Kier alpha value is -2.10. The highest BCUT2D eigenvalue weighted by molar-refractivity contribution is 5.96. The van der Waals surface area contributed by atoms with E-state index in [0.717, 1.165) is 18.6 Å². The van der Waals surface area contributed by atoms with E-state index in [2.05, 4.69) is 4.98 Å². The molecule has 1 amide bonds. The zero-order valence-corrected chi connectivity index (χ0v) is 10.8. The predicted octanol–water partition coefficient (Wildman–Crippen LogP) is 3.18. The number of carbonyl (C=O) groups excluding carboxylic acids is 1. The number of hydrogen-bond acceptors (Lipinski definition) is 3. The molecular weight excluding hydrogens is 240 g/mol. The lowest BCUT2D eigenvalue weighted by atomic mass is 10.2.